The molecule has 1 aliphatic rings. The van der Waals surface area contributed by atoms with Crippen LogP contribution in [0.25, 0.3) is 0 Å². The Morgan fingerprint density at radius 3 is 2.52 bits per heavy atom. The van der Waals surface area contributed by atoms with Crippen LogP contribution in [0, 0.1) is 5.92 Å². The number of piperidine rings is 1. The van der Waals surface area contributed by atoms with Crippen molar-refractivity contribution in [3.63, 3.8) is 0 Å². The molecule has 136 valence electrons. The Morgan fingerprint density at radius 1 is 1.20 bits per heavy atom. The Morgan fingerprint density at radius 2 is 1.92 bits per heavy atom. The largest absolute Gasteiger partial charge is 0.351 e. The molecule has 0 saturated carbocycles. The summed E-state index contributed by atoms with van der Waals surface area (Å²) in [6.45, 7) is 9.63. The van der Waals surface area contributed by atoms with E-state index in [4.69, 9.17) is 9.05 Å². The van der Waals surface area contributed by atoms with Crippen molar-refractivity contribution in [2.45, 2.75) is 58.8 Å². The second-order valence-electron chi connectivity index (χ2n) is 7.49. The molecule has 0 unspecified atom stereocenters. The van der Waals surface area contributed by atoms with Gasteiger partial charge < -0.3 is 13.9 Å². The van der Waals surface area contributed by atoms with E-state index in [0.29, 0.717) is 30.7 Å². The van der Waals surface area contributed by atoms with E-state index in [9.17, 15) is 4.79 Å². The van der Waals surface area contributed by atoms with Gasteiger partial charge in [-0.1, -0.05) is 38.0 Å². The quantitative estimate of drug-likeness (QED) is 0.825. The first-order valence-electron chi connectivity index (χ1n) is 9.02. The highest BCUT2D eigenvalue weighted by molar-refractivity contribution is 5.91. The van der Waals surface area contributed by atoms with Gasteiger partial charge in [-0.25, -0.2) is 0 Å². The number of nitrogens with zero attached hydrogens (tertiary/aromatic N) is 4. The minimum atomic E-state index is -0.0886. The summed E-state index contributed by atoms with van der Waals surface area (Å²) in [6, 6.07) is 1.77. The molecule has 1 aliphatic heterocycles. The Kier molecular flexibility index (Phi) is 5.20. The number of amides is 1. The number of likely N-dealkylation sites (tertiary alicyclic amines) is 1. The smallest absolute Gasteiger partial charge is 0.292 e. The van der Waals surface area contributed by atoms with Gasteiger partial charge in [0, 0.05) is 31.0 Å². The maximum Gasteiger partial charge on any atom is 0.292 e. The van der Waals surface area contributed by atoms with Crippen molar-refractivity contribution in [3.05, 3.63) is 29.2 Å². The number of hydrogen-bond donors (Lipinski definition) is 0. The summed E-state index contributed by atoms with van der Waals surface area (Å²) in [6.07, 6.45) is 2.45. The van der Waals surface area contributed by atoms with E-state index in [1.807, 2.05) is 18.7 Å². The Labute approximate surface area is 147 Å². The van der Waals surface area contributed by atoms with Gasteiger partial charge in [0.2, 0.25) is 11.7 Å². The van der Waals surface area contributed by atoms with Gasteiger partial charge in [-0.05, 0) is 25.2 Å². The van der Waals surface area contributed by atoms with Crippen LogP contribution in [0.4, 0.5) is 0 Å². The summed E-state index contributed by atoms with van der Waals surface area (Å²) in [4.78, 5) is 18.9. The van der Waals surface area contributed by atoms with Gasteiger partial charge in [-0.3, -0.25) is 4.79 Å². The van der Waals surface area contributed by atoms with Crippen molar-refractivity contribution in [3.8, 4) is 0 Å². The molecule has 0 bridgehead atoms. The predicted molar refractivity (Wildman–Crippen MR) is 91.3 cm³/mol. The Hall–Kier alpha value is -2.18. The maximum atomic E-state index is 12.6. The summed E-state index contributed by atoms with van der Waals surface area (Å²) < 4.78 is 10.6. The normalized spacial score (nSPS) is 16.2. The predicted octanol–water partition coefficient (Wildman–Crippen LogP) is 3.40. The molecule has 0 aromatic carbocycles. The first-order valence-corrected chi connectivity index (χ1v) is 9.02. The Bertz CT molecular complexity index is 711. The van der Waals surface area contributed by atoms with E-state index in [1.54, 1.807) is 6.07 Å². The van der Waals surface area contributed by atoms with Crippen molar-refractivity contribution < 1.29 is 13.8 Å². The SMILES string of the molecule is CC(C)Cc1cc(C(=O)N2CCC(c3nc(C(C)C)no3)CC2)on1. The second-order valence-corrected chi connectivity index (χ2v) is 7.49. The average molecular weight is 346 g/mol. The zero-order valence-electron chi connectivity index (χ0n) is 15.4. The van der Waals surface area contributed by atoms with Crippen molar-refractivity contribution in [1.29, 1.82) is 0 Å². The fraction of sp³-hybridized carbons (Fsp3) is 0.667. The van der Waals surface area contributed by atoms with E-state index in [0.717, 1.165) is 30.8 Å². The molecule has 0 N–H and O–H groups in total. The lowest BCUT2D eigenvalue weighted by molar-refractivity contribution is 0.0662. The van der Waals surface area contributed by atoms with E-state index >= 15 is 0 Å². The van der Waals surface area contributed by atoms with Crippen LogP contribution in [0.2, 0.25) is 0 Å². The van der Waals surface area contributed by atoms with Gasteiger partial charge in [0.1, 0.15) is 0 Å². The lowest BCUT2D eigenvalue weighted by Gasteiger charge is -2.29. The summed E-state index contributed by atoms with van der Waals surface area (Å²) in [5, 5.41) is 8.03. The lowest BCUT2D eigenvalue weighted by Crippen LogP contribution is -2.37. The van der Waals surface area contributed by atoms with E-state index in [-0.39, 0.29) is 17.7 Å². The minimum absolute atomic E-state index is 0.0886. The van der Waals surface area contributed by atoms with Crippen LogP contribution in [0.15, 0.2) is 15.1 Å². The highest BCUT2D eigenvalue weighted by Gasteiger charge is 2.29. The van der Waals surface area contributed by atoms with Gasteiger partial charge in [-0.2, -0.15) is 4.98 Å². The average Bonchev–Trinajstić information content (AvgIpc) is 3.23. The third-order valence-corrected chi connectivity index (χ3v) is 4.49. The molecule has 3 rings (SSSR count). The summed E-state index contributed by atoms with van der Waals surface area (Å²) in [5.74, 6) is 2.63. The van der Waals surface area contributed by atoms with Gasteiger partial charge in [0.05, 0.1) is 5.69 Å². The molecule has 1 amide bonds. The molecule has 1 fully saturated rings. The number of aromatic nitrogens is 3. The fourth-order valence-corrected chi connectivity index (χ4v) is 3.06. The zero-order chi connectivity index (χ0) is 18.0. The van der Waals surface area contributed by atoms with E-state index in [1.165, 1.54) is 0 Å². The third-order valence-electron chi connectivity index (χ3n) is 4.49. The van der Waals surface area contributed by atoms with Crippen LogP contribution < -0.4 is 0 Å². The summed E-state index contributed by atoms with van der Waals surface area (Å²) >= 11 is 0. The van der Waals surface area contributed by atoms with Crippen molar-refractivity contribution >= 4 is 5.91 Å². The van der Waals surface area contributed by atoms with E-state index < -0.39 is 0 Å². The van der Waals surface area contributed by atoms with Gasteiger partial charge in [0.25, 0.3) is 5.91 Å². The van der Waals surface area contributed by atoms with Crippen LogP contribution in [0.3, 0.4) is 0 Å². The topological polar surface area (TPSA) is 85.3 Å². The highest BCUT2D eigenvalue weighted by Crippen LogP contribution is 2.28. The van der Waals surface area contributed by atoms with Crippen molar-refractivity contribution in [1.82, 2.24) is 20.2 Å². The molecule has 2 aromatic heterocycles. The molecule has 3 heterocycles. The molecular formula is C18H26N4O3. The molecule has 0 aliphatic carbocycles. The number of carbonyl (C=O) groups excluding carboxylic acids is 1. The lowest BCUT2D eigenvalue weighted by atomic mass is 9.96. The summed E-state index contributed by atoms with van der Waals surface area (Å²) in [7, 11) is 0. The van der Waals surface area contributed by atoms with Crippen LogP contribution in [-0.4, -0.2) is 39.2 Å². The monoisotopic (exact) mass is 346 g/mol. The number of hydrogen-bond acceptors (Lipinski definition) is 6. The molecule has 1 saturated heterocycles. The molecule has 0 atom stereocenters. The van der Waals surface area contributed by atoms with Gasteiger partial charge in [0.15, 0.2) is 5.82 Å². The molecule has 7 nitrogen and oxygen atoms in total. The highest BCUT2D eigenvalue weighted by atomic mass is 16.5. The number of carbonyl (C=O) groups is 1. The van der Waals surface area contributed by atoms with Crippen molar-refractivity contribution in [2.24, 2.45) is 5.92 Å². The van der Waals surface area contributed by atoms with Crippen LogP contribution in [0.1, 0.15) is 80.3 Å². The van der Waals surface area contributed by atoms with Gasteiger partial charge in [-0.15, -0.1) is 0 Å². The first kappa shape index (κ1) is 17.6. The molecule has 0 radical (unpaired) electrons. The van der Waals surface area contributed by atoms with E-state index in [2.05, 4.69) is 29.1 Å². The summed E-state index contributed by atoms with van der Waals surface area (Å²) in [5.41, 5.74) is 0.834. The first-order chi connectivity index (χ1) is 11.9. The molecule has 7 heteroatoms. The standard InChI is InChI=1S/C18H26N4O3/c1-11(2)9-14-10-15(24-20-14)18(23)22-7-5-13(6-8-22)17-19-16(12(3)4)21-25-17/h10-13H,5-9H2,1-4H3. The zero-order valence-corrected chi connectivity index (χ0v) is 15.4. The van der Waals surface area contributed by atoms with Crippen LogP contribution >= 0.6 is 0 Å². The number of rotatable bonds is 5. The molecular weight excluding hydrogens is 320 g/mol. The second kappa shape index (κ2) is 7.37. The third kappa shape index (κ3) is 4.08. The fourth-order valence-electron chi connectivity index (χ4n) is 3.06. The molecule has 0 spiro atoms. The van der Waals surface area contributed by atoms with Crippen LogP contribution in [-0.2, 0) is 6.42 Å². The van der Waals surface area contributed by atoms with Crippen molar-refractivity contribution in [2.75, 3.05) is 13.1 Å². The molecule has 2 aromatic rings. The minimum Gasteiger partial charge on any atom is -0.351 e. The van der Waals surface area contributed by atoms with Gasteiger partial charge >= 0.3 is 0 Å². The van der Waals surface area contributed by atoms with Crippen LogP contribution in [0.5, 0.6) is 0 Å². The maximum absolute atomic E-state index is 12.6. The Balaban J connectivity index is 1.57. The molecule has 25 heavy (non-hydrogen) atoms.